The van der Waals surface area contributed by atoms with Crippen LogP contribution >= 0.6 is 11.3 Å². The molecule has 12 heavy (non-hydrogen) atoms. The van der Waals surface area contributed by atoms with Crippen molar-refractivity contribution < 1.29 is 14.3 Å². The highest BCUT2D eigenvalue weighted by molar-refractivity contribution is 7.14. The molecule has 0 fully saturated rings. The van der Waals surface area contributed by atoms with E-state index in [1.54, 1.807) is 0 Å². The fourth-order valence-corrected chi connectivity index (χ4v) is 2.09. The summed E-state index contributed by atoms with van der Waals surface area (Å²) in [4.78, 5) is 11.6. The second-order valence-electron chi connectivity index (χ2n) is 2.50. The molecule has 0 aliphatic carbocycles. The van der Waals surface area contributed by atoms with E-state index in [0.717, 1.165) is 16.2 Å². The average Bonchev–Trinajstić information content (AvgIpc) is 2.40. The minimum absolute atomic E-state index is 0.532. The van der Waals surface area contributed by atoms with Crippen LogP contribution in [0.4, 0.5) is 0 Å². The SMILES string of the molecule is Cc1sc2c(c1C=O)OCCO2. The number of aryl methyl sites for hydroxylation is 1. The molecule has 1 aromatic heterocycles. The van der Waals surface area contributed by atoms with E-state index >= 15 is 0 Å². The van der Waals surface area contributed by atoms with Gasteiger partial charge in [0.2, 0.25) is 5.06 Å². The highest BCUT2D eigenvalue weighted by Crippen LogP contribution is 2.42. The van der Waals surface area contributed by atoms with Gasteiger partial charge in [-0.25, -0.2) is 0 Å². The van der Waals surface area contributed by atoms with Crippen LogP contribution in [0, 0.1) is 6.92 Å². The Morgan fingerprint density at radius 2 is 2.17 bits per heavy atom. The minimum atomic E-state index is 0.532. The molecule has 3 nitrogen and oxygen atoms in total. The van der Waals surface area contributed by atoms with Crippen molar-refractivity contribution in [3.05, 3.63) is 10.4 Å². The van der Waals surface area contributed by atoms with Gasteiger partial charge in [-0.2, -0.15) is 0 Å². The molecule has 0 saturated heterocycles. The van der Waals surface area contributed by atoms with E-state index < -0.39 is 0 Å². The van der Waals surface area contributed by atoms with Gasteiger partial charge in [0, 0.05) is 4.88 Å². The number of thiophene rings is 1. The smallest absolute Gasteiger partial charge is 0.218 e. The summed E-state index contributed by atoms with van der Waals surface area (Å²) >= 11 is 1.46. The normalized spacial score (nSPS) is 14.4. The quantitative estimate of drug-likeness (QED) is 0.622. The molecular formula is C8H8O3S. The Morgan fingerprint density at radius 1 is 1.42 bits per heavy atom. The number of fused-ring (bicyclic) bond motifs is 1. The standard InChI is InChI=1S/C8H8O3S/c1-5-6(4-9)7-8(12-5)11-3-2-10-7/h4H,2-3H2,1H3. The lowest BCUT2D eigenvalue weighted by Gasteiger charge is -2.14. The van der Waals surface area contributed by atoms with Crippen molar-refractivity contribution in [2.24, 2.45) is 0 Å². The van der Waals surface area contributed by atoms with Crippen LogP contribution in [0.3, 0.4) is 0 Å². The number of carbonyl (C=O) groups is 1. The van der Waals surface area contributed by atoms with Crippen molar-refractivity contribution in [3.63, 3.8) is 0 Å². The van der Waals surface area contributed by atoms with Crippen molar-refractivity contribution in [1.29, 1.82) is 0 Å². The van der Waals surface area contributed by atoms with E-state index in [0.29, 0.717) is 24.5 Å². The number of hydrogen-bond acceptors (Lipinski definition) is 4. The number of rotatable bonds is 1. The first-order valence-corrected chi connectivity index (χ1v) is 4.48. The van der Waals surface area contributed by atoms with E-state index in [1.807, 2.05) is 6.92 Å². The van der Waals surface area contributed by atoms with Crippen LogP contribution in [-0.4, -0.2) is 19.5 Å². The van der Waals surface area contributed by atoms with Gasteiger partial charge >= 0.3 is 0 Å². The second-order valence-corrected chi connectivity index (χ2v) is 3.69. The monoisotopic (exact) mass is 184 g/mol. The van der Waals surface area contributed by atoms with Crippen molar-refractivity contribution in [2.45, 2.75) is 6.92 Å². The Labute approximate surface area is 73.9 Å². The summed E-state index contributed by atoms with van der Waals surface area (Å²) in [6, 6.07) is 0. The molecule has 4 heteroatoms. The van der Waals surface area contributed by atoms with Crippen molar-refractivity contribution in [3.8, 4) is 10.8 Å². The third kappa shape index (κ3) is 0.992. The third-order valence-corrected chi connectivity index (χ3v) is 2.75. The molecule has 0 amide bonds. The summed E-state index contributed by atoms with van der Waals surface area (Å²) in [5.74, 6) is 0.624. The Balaban J connectivity index is 2.53. The van der Waals surface area contributed by atoms with E-state index in [9.17, 15) is 4.79 Å². The Kier molecular flexibility index (Phi) is 1.77. The zero-order chi connectivity index (χ0) is 8.55. The summed E-state index contributed by atoms with van der Waals surface area (Å²) in [5, 5.41) is 0.737. The maximum atomic E-state index is 10.6. The lowest BCUT2D eigenvalue weighted by atomic mass is 10.3. The van der Waals surface area contributed by atoms with Gasteiger partial charge in [-0.3, -0.25) is 4.79 Å². The molecule has 0 atom stereocenters. The first kappa shape index (κ1) is 7.61. The van der Waals surface area contributed by atoms with E-state index in [2.05, 4.69) is 0 Å². The zero-order valence-electron chi connectivity index (χ0n) is 6.62. The number of hydrogen-bond donors (Lipinski definition) is 0. The predicted octanol–water partition coefficient (Wildman–Crippen LogP) is 1.64. The fourth-order valence-electron chi connectivity index (χ4n) is 1.16. The molecule has 0 spiro atoms. The average molecular weight is 184 g/mol. The highest BCUT2D eigenvalue weighted by Gasteiger charge is 2.20. The largest absolute Gasteiger partial charge is 0.484 e. The van der Waals surface area contributed by atoms with Gasteiger partial charge in [-0.15, -0.1) is 0 Å². The van der Waals surface area contributed by atoms with Gasteiger partial charge in [-0.1, -0.05) is 11.3 Å². The lowest BCUT2D eigenvalue weighted by Crippen LogP contribution is -2.14. The minimum Gasteiger partial charge on any atom is -0.484 e. The molecule has 2 rings (SSSR count). The first-order valence-electron chi connectivity index (χ1n) is 3.67. The molecule has 1 aliphatic rings. The molecule has 0 radical (unpaired) electrons. The van der Waals surface area contributed by atoms with Crippen LogP contribution in [0.1, 0.15) is 15.2 Å². The van der Waals surface area contributed by atoms with Crippen molar-refractivity contribution in [1.82, 2.24) is 0 Å². The van der Waals surface area contributed by atoms with Gasteiger partial charge in [0.15, 0.2) is 12.0 Å². The van der Waals surface area contributed by atoms with Gasteiger partial charge in [-0.05, 0) is 6.92 Å². The highest BCUT2D eigenvalue weighted by atomic mass is 32.1. The summed E-state index contributed by atoms with van der Waals surface area (Å²) in [7, 11) is 0. The molecule has 0 saturated carbocycles. The van der Waals surface area contributed by atoms with Crippen LogP contribution in [0.15, 0.2) is 0 Å². The molecule has 64 valence electrons. The van der Waals surface area contributed by atoms with Crippen molar-refractivity contribution in [2.75, 3.05) is 13.2 Å². The predicted molar refractivity (Wildman–Crippen MR) is 45.4 cm³/mol. The molecule has 0 N–H and O–H groups in total. The Bertz CT molecular complexity index is 316. The lowest BCUT2D eigenvalue weighted by molar-refractivity contribution is 0.111. The van der Waals surface area contributed by atoms with Crippen LogP contribution in [-0.2, 0) is 0 Å². The fraction of sp³-hybridized carbons (Fsp3) is 0.375. The molecule has 1 aromatic rings. The molecule has 2 heterocycles. The van der Waals surface area contributed by atoms with E-state index in [-0.39, 0.29) is 0 Å². The first-order chi connectivity index (χ1) is 5.83. The summed E-state index contributed by atoms with van der Waals surface area (Å²) < 4.78 is 10.6. The maximum Gasteiger partial charge on any atom is 0.218 e. The number of carbonyl (C=O) groups excluding carboxylic acids is 1. The van der Waals surface area contributed by atoms with Crippen LogP contribution in [0.5, 0.6) is 10.8 Å². The van der Waals surface area contributed by atoms with Gasteiger partial charge in [0.1, 0.15) is 13.2 Å². The Morgan fingerprint density at radius 3 is 2.92 bits per heavy atom. The van der Waals surface area contributed by atoms with E-state index in [1.165, 1.54) is 11.3 Å². The second kappa shape index (κ2) is 2.79. The van der Waals surface area contributed by atoms with Gasteiger partial charge < -0.3 is 9.47 Å². The third-order valence-electron chi connectivity index (χ3n) is 1.74. The van der Waals surface area contributed by atoms with Gasteiger partial charge in [0.05, 0.1) is 5.56 Å². The number of ether oxygens (including phenoxy) is 2. The molecular weight excluding hydrogens is 176 g/mol. The van der Waals surface area contributed by atoms with Gasteiger partial charge in [0.25, 0.3) is 0 Å². The summed E-state index contributed by atoms with van der Waals surface area (Å²) in [6.45, 7) is 2.99. The summed E-state index contributed by atoms with van der Waals surface area (Å²) in [5.41, 5.74) is 0.634. The van der Waals surface area contributed by atoms with Crippen LogP contribution in [0.2, 0.25) is 0 Å². The van der Waals surface area contributed by atoms with E-state index in [4.69, 9.17) is 9.47 Å². The molecule has 0 aromatic carbocycles. The topological polar surface area (TPSA) is 35.5 Å². The molecule has 0 bridgehead atoms. The number of aldehydes is 1. The van der Waals surface area contributed by atoms with Crippen molar-refractivity contribution >= 4 is 17.6 Å². The summed E-state index contributed by atoms with van der Waals surface area (Å²) in [6.07, 6.45) is 0.819. The molecule has 0 unspecified atom stereocenters. The zero-order valence-corrected chi connectivity index (χ0v) is 7.44. The Hall–Kier alpha value is -1.03. The van der Waals surface area contributed by atoms with Crippen LogP contribution < -0.4 is 9.47 Å². The maximum absolute atomic E-state index is 10.6. The molecule has 1 aliphatic heterocycles. The van der Waals surface area contributed by atoms with Crippen LogP contribution in [0.25, 0.3) is 0 Å².